The summed E-state index contributed by atoms with van der Waals surface area (Å²) in [6, 6.07) is 6.19. The van der Waals surface area contributed by atoms with Crippen LogP contribution in [0.4, 0.5) is 0 Å². The Morgan fingerprint density at radius 3 is 2.14 bits per heavy atom. The quantitative estimate of drug-likeness (QED) is 0.708. The van der Waals surface area contributed by atoms with E-state index in [0.29, 0.717) is 10.0 Å². The summed E-state index contributed by atoms with van der Waals surface area (Å²) in [5.74, 6) is 0. The van der Waals surface area contributed by atoms with Crippen molar-refractivity contribution >= 4 is 23.2 Å². The van der Waals surface area contributed by atoms with Gasteiger partial charge in [0, 0.05) is 5.54 Å². The molecule has 0 saturated carbocycles. The summed E-state index contributed by atoms with van der Waals surface area (Å²) in [5, 5.41) is 4.87. The first-order valence-corrected chi connectivity index (χ1v) is 8.63. The average molecular weight is 331 g/mol. The van der Waals surface area contributed by atoms with Crippen LogP contribution in [0.5, 0.6) is 0 Å². The normalized spacial score (nSPS) is 16.0. The highest BCUT2D eigenvalue weighted by Gasteiger charge is 2.37. The van der Waals surface area contributed by atoms with Gasteiger partial charge in [0.15, 0.2) is 0 Å². The van der Waals surface area contributed by atoms with E-state index in [4.69, 9.17) is 23.2 Å². The molecule has 0 bridgehead atoms. The first kappa shape index (κ1) is 18.8. The molecular weight excluding hydrogens is 303 g/mol. The van der Waals surface area contributed by atoms with Gasteiger partial charge < -0.3 is 5.32 Å². The van der Waals surface area contributed by atoms with Crippen LogP contribution in [0.2, 0.25) is 10.0 Å². The molecule has 1 N–H and O–H groups in total. The van der Waals surface area contributed by atoms with E-state index in [-0.39, 0.29) is 11.6 Å². The predicted molar refractivity (Wildman–Crippen MR) is 94.5 cm³/mol. The number of hydrogen-bond acceptors (Lipinski definition) is 2. The third-order valence-electron chi connectivity index (χ3n) is 4.51. The maximum atomic E-state index is 6.23. The van der Waals surface area contributed by atoms with Crippen molar-refractivity contribution < 1.29 is 0 Å². The number of rotatable bonds is 8. The molecule has 2 nitrogen and oxygen atoms in total. The molecule has 0 fully saturated rings. The van der Waals surface area contributed by atoms with Gasteiger partial charge in [0.05, 0.1) is 16.1 Å². The standard InChI is InChI=1S/C17H28Cl2N2/c1-6-17(5,21(8-3)9-4)16(20-7-2)13-10-11-14(18)15(19)12-13/h10-12,16,20H,6-9H2,1-5H3. The van der Waals surface area contributed by atoms with E-state index in [1.807, 2.05) is 12.1 Å². The van der Waals surface area contributed by atoms with Gasteiger partial charge in [-0.1, -0.05) is 57.0 Å². The van der Waals surface area contributed by atoms with Gasteiger partial charge in [-0.15, -0.1) is 0 Å². The summed E-state index contributed by atoms with van der Waals surface area (Å²) >= 11 is 12.3. The van der Waals surface area contributed by atoms with Crippen molar-refractivity contribution in [2.45, 2.75) is 52.6 Å². The van der Waals surface area contributed by atoms with Crippen LogP contribution in [0.15, 0.2) is 18.2 Å². The molecule has 0 heterocycles. The number of nitrogens with zero attached hydrogens (tertiary/aromatic N) is 1. The van der Waals surface area contributed by atoms with Gasteiger partial charge in [-0.05, 0) is 50.7 Å². The first-order valence-electron chi connectivity index (χ1n) is 7.87. The van der Waals surface area contributed by atoms with E-state index in [2.05, 4.69) is 50.9 Å². The number of benzene rings is 1. The third-order valence-corrected chi connectivity index (χ3v) is 5.25. The van der Waals surface area contributed by atoms with Crippen LogP contribution in [-0.4, -0.2) is 30.1 Å². The lowest BCUT2D eigenvalue weighted by Gasteiger charge is -2.46. The molecule has 1 rings (SSSR count). The van der Waals surface area contributed by atoms with Gasteiger partial charge >= 0.3 is 0 Å². The summed E-state index contributed by atoms with van der Waals surface area (Å²) in [6.45, 7) is 14.1. The molecule has 4 heteroatoms. The minimum Gasteiger partial charge on any atom is -0.309 e. The van der Waals surface area contributed by atoms with Gasteiger partial charge in [0.25, 0.3) is 0 Å². The van der Waals surface area contributed by atoms with Crippen LogP contribution in [0.25, 0.3) is 0 Å². The molecule has 0 aromatic heterocycles. The van der Waals surface area contributed by atoms with Crippen LogP contribution < -0.4 is 5.32 Å². The minimum atomic E-state index is 0.0384. The lowest BCUT2D eigenvalue weighted by molar-refractivity contribution is 0.0704. The Morgan fingerprint density at radius 1 is 1.10 bits per heavy atom. The molecule has 0 spiro atoms. The SMILES string of the molecule is CCNC(c1ccc(Cl)c(Cl)c1)C(C)(CC)N(CC)CC. The third kappa shape index (κ3) is 4.13. The molecule has 0 aliphatic rings. The Bertz CT molecular complexity index is 446. The Labute approximate surface area is 139 Å². The Balaban J connectivity index is 3.27. The zero-order valence-electron chi connectivity index (χ0n) is 13.8. The fourth-order valence-corrected chi connectivity index (χ4v) is 3.46. The highest BCUT2D eigenvalue weighted by Crippen LogP contribution is 2.36. The topological polar surface area (TPSA) is 15.3 Å². The van der Waals surface area contributed by atoms with Crippen molar-refractivity contribution in [2.75, 3.05) is 19.6 Å². The van der Waals surface area contributed by atoms with Gasteiger partial charge in [-0.3, -0.25) is 4.90 Å². The fraction of sp³-hybridized carbons (Fsp3) is 0.647. The Hall–Kier alpha value is -0.280. The molecule has 120 valence electrons. The van der Waals surface area contributed by atoms with E-state index in [1.165, 1.54) is 5.56 Å². The molecule has 21 heavy (non-hydrogen) atoms. The minimum absolute atomic E-state index is 0.0384. The molecule has 0 aliphatic carbocycles. The first-order chi connectivity index (χ1) is 9.94. The summed E-state index contributed by atoms with van der Waals surface area (Å²) < 4.78 is 0. The lowest BCUT2D eigenvalue weighted by Crippen LogP contribution is -2.54. The van der Waals surface area contributed by atoms with Crippen molar-refractivity contribution in [1.29, 1.82) is 0 Å². The van der Waals surface area contributed by atoms with Crippen molar-refractivity contribution in [3.8, 4) is 0 Å². The molecule has 0 aliphatic heterocycles. The highest BCUT2D eigenvalue weighted by molar-refractivity contribution is 6.42. The number of likely N-dealkylation sites (N-methyl/N-ethyl adjacent to an activating group) is 2. The predicted octanol–water partition coefficient (Wildman–Crippen LogP) is 5.15. The molecule has 0 saturated heterocycles. The molecule has 2 unspecified atom stereocenters. The van der Waals surface area contributed by atoms with Gasteiger partial charge in [-0.2, -0.15) is 0 Å². The number of nitrogens with one attached hydrogen (secondary N) is 1. The van der Waals surface area contributed by atoms with E-state index in [9.17, 15) is 0 Å². The molecule has 2 atom stereocenters. The summed E-state index contributed by atoms with van der Waals surface area (Å²) in [4.78, 5) is 2.52. The lowest BCUT2D eigenvalue weighted by atomic mass is 9.82. The molecule has 0 amide bonds. The second-order valence-corrected chi connectivity index (χ2v) is 6.36. The highest BCUT2D eigenvalue weighted by atomic mass is 35.5. The fourth-order valence-electron chi connectivity index (χ4n) is 3.15. The maximum absolute atomic E-state index is 6.23. The van der Waals surface area contributed by atoms with Crippen LogP contribution in [0.1, 0.15) is 52.6 Å². The maximum Gasteiger partial charge on any atom is 0.0595 e. The zero-order valence-corrected chi connectivity index (χ0v) is 15.4. The van der Waals surface area contributed by atoms with Crippen molar-refractivity contribution in [2.24, 2.45) is 0 Å². The van der Waals surface area contributed by atoms with Crippen molar-refractivity contribution in [3.05, 3.63) is 33.8 Å². The van der Waals surface area contributed by atoms with Gasteiger partial charge in [-0.25, -0.2) is 0 Å². The molecule has 1 aromatic rings. The van der Waals surface area contributed by atoms with E-state index in [0.717, 1.165) is 26.1 Å². The Morgan fingerprint density at radius 2 is 1.71 bits per heavy atom. The van der Waals surface area contributed by atoms with Gasteiger partial charge in [0.1, 0.15) is 0 Å². The largest absolute Gasteiger partial charge is 0.309 e. The molecule has 1 aromatic carbocycles. The van der Waals surface area contributed by atoms with Crippen LogP contribution in [-0.2, 0) is 0 Å². The second-order valence-electron chi connectivity index (χ2n) is 5.55. The zero-order chi connectivity index (χ0) is 16.0. The number of halogens is 2. The van der Waals surface area contributed by atoms with Crippen LogP contribution in [0, 0.1) is 0 Å². The van der Waals surface area contributed by atoms with E-state index < -0.39 is 0 Å². The van der Waals surface area contributed by atoms with Crippen LogP contribution in [0.3, 0.4) is 0 Å². The average Bonchev–Trinajstić information content (AvgIpc) is 2.48. The van der Waals surface area contributed by atoms with Gasteiger partial charge in [0.2, 0.25) is 0 Å². The second kappa shape index (κ2) is 8.38. The summed E-state index contributed by atoms with van der Waals surface area (Å²) in [7, 11) is 0. The number of hydrogen-bond donors (Lipinski definition) is 1. The Kier molecular flexibility index (Phi) is 7.49. The molecule has 0 radical (unpaired) electrons. The monoisotopic (exact) mass is 330 g/mol. The molecular formula is C17H28Cl2N2. The van der Waals surface area contributed by atoms with Crippen molar-refractivity contribution in [1.82, 2.24) is 10.2 Å². The summed E-state index contributed by atoms with van der Waals surface area (Å²) in [5.41, 5.74) is 1.24. The van der Waals surface area contributed by atoms with Crippen molar-refractivity contribution in [3.63, 3.8) is 0 Å². The van der Waals surface area contributed by atoms with Crippen LogP contribution >= 0.6 is 23.2 Å². The van der Waals surface area contributed by atoms with E-state index in [1.54, 1.807) is 0 Å². The summed E-state index contributed by atoms with van der Waals surface area (Å²) in [6.07, 6.45) is 1.06. The smallest absolute Gasteiger partial charge is 0.0595 e. The van der Waals surface area contributed by atoms with E-state index >= 15 is 0 Å².